The summed E-state index contributed by atoms with van der Waals surface area (Å²) in [5.41, 5.74) is 1.39. The van der Waals surface area contributed by atoms with E-state index >= 15 is 0 Å². The minimum absolute atomic E-state index is 0. The van der Waals surface area contributed by atoms with Gasteiger partial charge in [0.25, 0.3) is 0 Å². The first-order chi connectivity index (χ1) is 10.7. The van der Waals surface area contributed by atoms with Gasteiger partial charge in [0.05, 0.1) is 6.04 Å². The van der Waals surface area contributed by atoms with E-state index in [1.165, 1.54) is 10.4 Å². The van der Waals surface area contributed by atoms with Gasteiger partial charge in [0.2, 0.25) is 0 Å². The summed E-state index contributed by atoms with van der Waals surface area (Å²) in [5, 5.41) is 9.10. The fraction of sp³-hybridized carbons (Fsp3) is 0.353. The molecule has 3 rings (SSSR count). The van der Waals surface area contributed by atoms with Crippen molar-refractivity contribution in [2.24, 2.45) is 4.99 Å². The summed E-state index contributed by atoms with van der Waals surface area (Å²) in [6.45, 7) is 2.16. The third-order valence-electron chi connectivity index (χ3n) is 3.96. The Bertz CT molecular complexity index is 642. The van der Waals surface area contributed by atoms with Gasteiger partial charge in [0, 0.05) is 28.4 Å². The second-order valence-corrected chi connectivity index (χ2v) is 7.49. The zero-order chi connectivity index (χ0) is 15.5. The molecule has 1 aliphatic rings. The molecule has 124 valence electrons. The number of aliphatic imine (C=N–C) groups is 1. The molecule has 3 atom stereocenters. The SMILES string of the molecule is CN=C(NC(C)c1cccs1)NC1CC1c1ccc(Br)cc1.I. The standard InChI is InChI=1S/C17H20BrN3S.HI/c1-11(16-4-3-9-22-16)20-17(19-2)21-15-10-14(15)12-5-7-13(18)8-6-12;/h3-9,11,14-15H,10H2,1-2H3,(H2,19,20,21);1H. The van der Waals surface area contributed by atoms with Crippen LogP contribution in [0, 0.1) is 0 Å². The van der Waals surface area contributed by atoms with Gasteiger partial charge in [-0.2, -0.15) is 0 Å². The molecule has 1 aliphatic carbocycles. The van der Waals surface area contributed by atoms with Crippen LogP contribution in [-0.4, -0.2) is 19.0 Å². The van der Waals surface area contributed by atoms with Crippen molar-refractivity contribution in [1.82, 2.24) is 10.6 Å². The molecule has 0 spiro atoms. The number of benzene rings is 1. The number of guanidine groups is 1. The fourth-order valence-corrected chi connectivity index (χ4v) is 3.59. The van der Waals surface area contributed by atoms with Crippen LogP contribution in [0.3, 0.4) is 0 Å². The highest BCUT2D eigenvalue weighted by molar-refractivity contribution is 14.0. The molecule has 2 aromatic rings. The van der Waals surface area contributed by atoms with Gasteiger partial charge in [-0.3, -0.25) is 4.99 Å². The van der Waals surface area contributed by atoms with E-state index in [1.54, 1.807) is 11.3 Å². The average molecular weight is 506 g/mol. The van der Waals surface area contributed by atoms with Crippen LogP contribution >= 0.6 is 51.2 Å². The van der Waals surface area contributed by atoms with Crippen LogP contribution in [0.4, 0.5) is 0 Å². The summed E-state index contributed by atoms with van der Waals surface area (Å²) in [7, 11) is 1.83. The van der Waals surface area contributed by atoms with Crippen LogP contribution in [-0.2, 0) is 0 Å². The molecule has 2 N–H and O–H groups in total. The maximum absolute atomic E-state index is 4.35. The Morgan fingerprint density at radius 3 is 2.65 bits per heavy atom. The third-order valence-corrected chi connectivity index (χ3v) is 5.54. The molecule has 1 heterocycles. The maximum Gasteiger partial charge on any atom is 0.191 e. The molecule has 6 heteroatoms. The van der Waals surface area contributed by atoms with E-state index in [-0.39, 0.29) is 30.0 Å². The summed E-state index contributed by atoms with van der Waals surface area (Å²) in [5.74, 6) is 1.47. The van der Waals surface area contributed by atoms with Crippen molar-refractivity contribution in [2.45, 2.75) is 31.3 Å². The molecule has 1 fully saturated rings. The van der Waals surface area contributed by atoms with Gasteiger partial charge < -0.3 is 10.6 Å². The summed E-state index contributed by atoms with van der Waals surface area (Å²) in [6, 6.07) is 13.6. The largest absolute Gasteiger partial charge is 0.353 e. The quantitative estimate of drug-likeness (QED) is 0.352. The number of nitrogens with one attached hydrogen (secondary N) is 2. The third kappa shape index (κ3) is 4.93. The predicted molar refractivity (Wildman–Crippen MR) is 113 cm³/mol. The number of halogens is 2. The van der Waals surface area contributed by atoms with E-state index in [2.05, 4.69) is 80.3 Å². The Hall–Kier alpha value is -0.600. The van der Waals surface area contributed by atoms with Gasteiger partial charge in [-0.1, -0.05) is 34.1 Å². The van der Waals surface area contributed by atoms with E-state index in [4.69, 9.17) is 0 Å². The van der Waals surface area contributed by atoms with E-state index in [9.17, 15) is 0 Å². The van der Waals surface area contributed by atoms with Gasteiger partial charge in [0.15, 0.2) is 5.96 Å². The first-order valence-corrected chi connectivity index (χ1v) is 9.13. The van der Waals surface area contributed by atoms with Crippen molar-refractivity contribution in [3.05, 3.63) is 56.7 Å². The van der Waals surface area contributed by atoms with Crippen LogP contribution in [0.25, 0.3) is 0 Å². The zero-order valence-electron chi connectivity index (χ0n) is 13.1. The monoisotopic (exact) mass is 505 g/mol. The van der Waals surface area contributed by atoms with E-state index in [0.717, 1.165) is 16.9 Å². The van der Waals surface area contributed by atoms with Crippen molar-refractivity contribution in [2.75, 3.05) is 7.05 Å². The molecular formula is C17H21BrIN3S. The molecule has 0 saturated heterocycles. The lowest BCUT2D eigenvalue weighted by molar-refractivity contribution is 0.692. The smallest absolute Gasteiger partial charge is 0.191 e. The van der Waals surface area contributed by atoms with Crippen LogP contribution in [0.2, 0.25) is 0 Å². The molecule has 0 bridgehead atoms. The van der Waals surface area contributed by atoms with Gasteiger partial charge in [0.1, 0.15) is 0 Å². The van der Waals surface area contributed by atoms with Crippen molar-refractivity contribution in [3.8, 4) is 0 Å². The number of rotatable bonds is 4. The normalized spacial score (nSPS) is 21.3. The van der Waals surface area contributed by atoms with Gasteiger partial charge >= 0.3 is 0 Å². The number of hydrogen-bond donors (Lipinski definition) is 2. The van der Waals surface area contributed by atoms with Crippen LogP contribution in [0.15, 0.2) is 51.2 Å². The number of nitrogens with zero attached hydrogens (tertiary/aromatic N) is 1. The highest BCUT2D eigenvalue weighted by Gasteiger charge is 2.39. The molecule has 0 amide bonds. The number of thiophene rings is 1. The molecule has 0 aliphatic heterocycles. The second kappa shape index (κ2) is 8.48. The van der Waals surface area contributed by atoms with Crippen LogP contribution < -0.4 is 10.6 Å². The first kappa shape index (κ1) is 18.7. The topological polar surface area (TPSA) is 36.4 Å². The summed E-state index contributed by atoms with van der Waals surface area (Å²) in [4.78, 5) is 5.67. The minimum Gasteiger partial charge on any atom is -0.353 e. The Morgan fingerprint density at radius 1 is 1.30 bits per heavy atom. The van der Waals surface area contributed by atoms with E-state index in [1.807, 2.05) is 7.05 Å². The lowest BCUT2D eigenvalue weighted by Crippen LogP contribution is -2.40. The molecule has 1 aromatic carbocycles. The van der Waals surface area contributed by atoms with E-state index in [0.29, 0.717) is 12.0 Å². The van der Waals surface area contributed by atoms with Gasteiger partial charge in [-0.05, 0) is 42.5 Å². The molecule has 1 aromatic heterocycles. The molecular weight excluding hydrogens is 485 g/mol. The summed E-state index contributed by atoms with van der Waals surface area (Å²) >= 11 is 5.25. The fourth-order valence-electron chi connectivity index (χ4n) is 2.59. The van der Waals surface area contributed by atoms with E-state index < -0.39 is 0 Å². The Kier molecular flexibility index (Phi) is 6.91. The molecule has 3 nitrogen and oxygen atoms in total. The molecule has 0 radical (unpaired) electrons. The van der Waals surface area contributed by atoms with Crippen molar-refractivity contribution >= 4 is 57.2 Å². The summed E-state index contributed by atoms with van der Waals surface area (Å²) < 4.78 is 1.13. The highest BCUT2D eigenvalue weighted by Crippen LogP contribution is 2.41. The lowest BCUT2D eigenvalue weighted by Gasteiger charge is -2.17. The first-order valence-electron chi connectivity index (χ1n) is 7.46. The predicted octanol–water partition coefficient (Wildman–Crippen LogP) is 4.91. The van der Waals surface area contributed by atoms with Crippen LogP contribution in [0.1, 0.15) is 35.7 Å². The van der Waals surface area contributed by atoms with Gasteiger partial charge in [-0.25, -0.2) is 0 Å². The van der Waals surface area contributed by atoms with Crippen molar-refractivity contribution in [1.29, 1.82) is 0 Å². The molecule has 23 heavy (non-hydrogen) atoms. The molecule has 1 saturated carbocycles. The maximum atomic E-state index is 4.35. The average Bonchev–Trinajstić information content (AvgIpc) is 3.06. The Morgan fingerprint density at radius 2 is 2.04 bits per heavy atom. The number of hydrogen-bond acceptors (Lipinski definition) is 2. The second-order valence-electron chi connectivity index (χ2n) is 5.60. The Labute approximate surface area is 167 Å². The van der Waals surface area contributed by atoms with Crippen molar-refractivity contribution < 1.29 is 0 Å². The lowest BCUT2D eigenvalue weighted by atomic mass is 10.1. The zero-order valence-corrected chi connectivity index (χ0v) is 17.9. The molecule has 3 unspecified atom stereocenters. The Balaban J connectivity index is 0.00000192. The van der Waals surface area contributed by atoms with Crippen molar-refractivity contribution in [3.63, 3.8) is 0 Å². The highest BCUT2D eigenvalue weighted by atomic mass is 127. The minimum atomic E-state index is 0. The van der Waals surface area contributed by atoms with Gasteiger partial charge in [-0.15, -0.1) is 35.3 Å². The summed E-state index contributed by atoms with van der Waals surface area (Å²) in [6.07, 6.45) is 1.16. The van der Waals surface area contributed by atoms with Crippen LogP contribution in [0.5, 0.6) is 0 Å².